The molecule has 186 valence electrons. The van der Waals surface area contributed by atoms with Crippen LogP contribution >= 0.6 is 0 Å². The zero-order valence-electron chi connectivity index (χ0n) is 19.1. The van der Waals surface area contributed by atoms with Crippen molar-refractivity contribution in [2.24, 2.45) is 0 Å². The SMILES string of the molecule is COc1ccc(S(=O)(=O)NCCC(=O)NC2CCN(Cc3ccc(F)c(F)c3)CC2)cc1OC. The standard InChI is InChI=1S/C23H29F2N3O5S/c1-32-21-6-4-18(14-22(21)33-2)34(30,31)26-10-7-23(29)27-17-8-11-28(12-9-17)15-16-3-5-19(24)20(25)13-16/h3-6,13-14,17,26H,7-12,15H2,1-2H3,(H,27,29). The van der Waals surface area contributed by atoms with Gasteiger partial charge in [0.2, 0.25) is 15.9 Å². The summed E-state index contributed by atoms with van der Waals surface area (Å²) >= 11 is 0. The lowest BCUT2D eigenvalue weighted by Crippen LogP contribution is -2.45. The number of likely N-dealkylation sites (tertiary alicyclic amines) is 1. The zero-order chi connectivity index (χ0) is 24.7. The zero-order valence-corrected chi connectivity index (χ0v) is 20.0. The maximum Gasteiger partial charge on any atom is 0.240 e. The predicted molar refractivity (Wildman–Crippen MR) is 122 cm³/mol. The van der Waals surface area contributed by atoms with Gasteiger partial charge in [-0.05, 0) is 42.7 Å². The summed E-state index contributed by atoms with van der Waals surface area (Å²) in [5.74, 6) is -1.26. The topological polar surface area (TPSA) is 97.0 Å². The molecule has 1 fully saturated rings. The van der Waals surface area contributed by atoms with Crippen molar-refractivity contribution in [1.82, 2.24) is 14.9 Å². The fourth-order valence-electron chi connectivity index (χ4n) is 3.80. The average Bonchev–Trinajstić information content (AvgIpc) is 2.82. The summed E-state index contributed by atoms with van der Waals surface area (Å²) in [6.07, 6.45) is 1.43. The number of hydrogen-bond acceptors (Lipinski definition) is 6. The number of rotatable bonds is 10. The summed E-state index contributed by atoms with van der Waals surface area (Å²) < 4.78 is 64.1. The first-order chi connectivity index (χ1) is 16.2. The van der Waals surface area contributed by atoms with Gasteiger partial charge in [0.25, 0.3) is 0 Å². The summed E-state index contributed by atoms with van der Waals surface area (Å²) in [4.78, 5) is 14.4. The van der Waals surface area contributed by atoms with Crippen molar-refractivity contribution >= 4 is 15.9 Å². The van der Waals surface area contributed by atoms with Crippen molar-refractivity contribution in [1.29, 1.82) is 0 Å². The van der Waals surface area contributed by atoms with E-state index in [1.165, 1.54) is 38.5 Å². The Labute approximate surface area is 198 Å². The fourth-order valence-corrected chi connectivity index (χ4v) is 4.84. The van der Waals surface area contributed by atoms with Crippen LogP contribution < -0.4 is 19.5 Å². The number of methoxy groups -OCH3 is 2. The van der Waals surface area contributed by atoms with E-state index in [2.05, 4.69) is 14.9 Å². The van der Waals surface area contributed by atoms with Gasteiger partial charge in [0.05, 0.1) is 19.1 Å². The lowest BCUT2D eigenvalue weighted by Gasteiger charge is -2.32. The normalized spacial score (nSPS) is 15.2. The second-order valence-corrected chi connectivity index (χ2v) is 9.80. The number of piperidine rings is 1. The van der Waals surface area contributed by atoms with Crippen molar-refractivity contribution in [3.8, 4) is 11.5 Å². The molecule has 1 heterocycles. The van der Waals surface area contributed by atoms with Crippen LogP contribution in [0.25, 0.3) is 0 Å². The highest BCUT2D eigenvalue weighted by Gasteiger charge is 2.22. The summed E-state index contributed by atoms with van der Waals surface area (Å²) in [5.41, 5.74) is 0.697. The van der Waals surface area contributed by atoms with Crippen LogP contribution in [0.3, 0.4) is 0 Å². The second-order valence-electron chi connectivity index (χ2n) is 8.03. The van der Waals surface area contributed by atoms with Crippen LogP contribution in [0, 0.1) is 11.6 Å². The molecule has 1 aliphatic rings. The molecule has 34 heavy (non-hydrogen) atoms. The van der Waals surface area contributed by atoms with Crippen LogP contribution in [-0.4, -0.2) is 59.1 Å². The highest BCUT2D eigenvalue weighted by molar-refractivity contribution is 7.89. The molecular formula is C23H29F2N3O5S. The Morgan fingerprint density at radius 2 is 1.74 bits per heavy atom. The third-order valence-corrected chi connectivity index (χ3v) is 7.11. The monoisotopic (exact) mass is 497 g/mol. The molecule has 8 nitrogen and oxygen atoms in total. The van der Waals surface area contributed by atoms with Gasteiger partial charge in [-0.3, -0.25) is 9.69 Å². The first kappa shape index (κ1) is 25.9. The van der Waals surface area contributed by atoms with Gasteiger partial charge in [-0.15, -0.1) is 0 Å². The third-order valence-electron chi connectivity index (χ3n) is 5.65. The Kier molecular flexibility index (Phi) is 8.81. The molecule has 0 aliphatic carbocycles. The molecule has 11 heteroatoms. The minimum absolute atomic E-state index is 0.00158. The Balaban J connectivity index is 1.41. The van der Waals surface area contributed by atoms with E-state index in [4.69, 9.17) is 9.47 Å². The van der Waals surface area contributed by atoms with E-state index in [0.29, 0.717) is 49.5 Å². The molecule has 1 saturated heterocycles. The number of sulfonamides is 1. The van der Waals surface area contributed by atoms with Crippen LogP contribution in [0.2, 0.25) is 0 Å². The highest BCUT2D eigenvalue weighted by Crippen LogP contribution is 2.29. The lowest BCUT2D eigenvalue weighted by atomic mass is 10.0. The van der Waals surface area contributed by atoms with E-state index in [0.717, 1.165) is 6.07 Å². The van der Waals surface area contributed by atoms with E-state index >= 15 is 0 Å². The number of nitrogens with one attached hydrogen (secondary N) is 2. The number of carbonyl (C=O) groups excluding carboxylic acids is 1. The second kappa shape index (κ2) is 11.6. The van der Waals surface area contributed by atoms with Crippen molar-refractivity contribution in [2.45, 2.75) is 36.7 Å². The highest BCUT2D eigenvalue weighted by atomic mass is 32.2. The lowest BCUT2D eigenvalue weighted by molar-refractivity contribution is -0.121. The number of amides is 1. The average molecular weight is 498 g/mol. The van der Waals surface area contributed by atoms with Gasteiger partial charge < -0.3 is 14.8 Å². The molecule has 1 amide bonds. The molecule has 2 aromatic carbocycles. The Bertz CT molecular complexity index is 1110. The van der Waals surface area contributed by atoms with Gasteiger partial charge in [0.15, 0.2) is 23.1 Å². The van der Waals surface area contributed by atoms with E-state index in [-0.39, 0.29) is 29.8 Å². The van der Waals surface area contributed by atoms with Gasteiger partial charge in [-0.25, -0.2) is 21.9 Å². The van der Waals surface area contributed by atoms with E-state index in [1.54, 1.807) is 6.07 Å². The van der Waals surface area contributed by atoms with Crippen LogP contribution in [0.1, 0.15) is 24.8 Å². The largest absolute Gasteiger partial charge is 0.493 e. The molecule has 0 aromatic heterocycles. The van der Waals surface area contributed by atoms with E-state index in [1.807, 2.05) is 0 Å². The molecule has 0 unspecified atom stereocenters. The third kappa shape index (κ3) is 6.87. The van der Waals surface area contributed by atoms with Crippen molar-refractivity contribution < 1.29 is 31.5 Å². The van der Waals surface area contributed by atoms with E-state index < -0.39 is 21.7 Å². The number of carbonyl (C=O) groups is 1. The Morgan fingerprint density at radius 3 is 2.38 bits per heavy atom. The molecular weight excluding hydrogens is 468 g/mol. The Morgan fingerprint density at radius 1 is 1.03 bits per heavy atom. The maximum atomic E-state index is 13.4. The fraction of sp³-hybridized carbons (Fsp3) is 0.435. The van der Waals surface area contributed by atoms with Gasteiger partial charge in [0.1, 0.15) is 0 Å². The molecule has 0 saturated carbocycles. The number of ether oxygens (including phenoxy) is 2. The molecule has 0 atom stereocenters. The molecule has 2 N–H and O–H groups in total. The van der Waals surface area contributed by atoms with Crippen LogP contribution in [-0.2, 0) is 21.4 Å². The van der Waals surface area contributed by atoms with Gasteiger partial charge in [-0.1, -0.05) is 6.07 Å². The van der Waals surface area contributed by atoms with Gasteiger partial charge in [-0.2, -0.15) is 0 Å². The molecule has 0 bridgehead atoms. The molecule has 3 rings (SSSR count). The molecule has 2 aromatic rings. The van der Waals surface area contributed by atoms with E-state index in [9.17, 15) is 22.0 Å². The summed E-state index contributed by atoms with van der Waals surface area (Å²) in [6, 6.07) is 8.13. The number of benzene rings is 2. The minimum Gasteiger partial charge on any atom is -0.493 e. The van der Waals surface area contributed by atoms with Crippen LogP contribution in [0.5, 0.6) is 11.5 Å². The number of halogens is 2. The van der Waals surface area contributed by atoms with Crippen LogP contribution in [0.15, 0.2) is 41.3 Å². The van der Waals surface area contributed by atoms with Gasteiger partial charge >= 0.3 is 0 Å². The summed E-state index contributed by atoms with van der Waals surface area (Å²) in [7, 11) is -0.938. The number of nitrogens with zero attached hydrogens (tertiary/aromatic N) is 1. The molecule has 1 aliphatic heterocycles. The Hall–Kier alpha value is -2.76. The first-order valence-electron chi connectivity index (χ1n) is 10.9. The summed E-state index contributed by atoms with van der Waals surface area (Å²) in [5, 5.41) is 2.93. The van der Waals surface area contributed by atoms with Crippen molar-refractivity contribution in [2.75, 3.05) is 33.9 Å². The van der Waals surface area contributed by atoms with Crippen LogP contribution in [0.4, 0.5) is 8.78 Å². The quantitative estimate of drug-likeness (QED) is 0.524. The first-order valence-corrected chi connectivity index (χ1v) is 12.4. The summed E-state index contributed by atoms with van der Waals surface area (Å²) in [6.45, 7) is 1.87. The minimum atomic E-state index is -3.81. The van der Waals surface area contributed by atoms with Crippen molar-refractivity contribution in [3.63, 3.8) is 0 Å². The predicted octanol–water partition coefficient (Wildman–Crippen LogP) is 2.43. The smallest absolute Gasteiger partial charge is 0.240 e. The maximum absolute atomic E-state index is 13.4. The van der Waals surface area contributed by atoms with Gasteiger partial charge in [0, 0.05) is 44.7 Å². The number of hydrogen-bond donors (Lipinski definition) is 2. The molecule has 0 spiro atoms. The molecule has 0 radical (unpaired) electrons. The van der Waals surface area contributed by atoms with Crippen molar-refractivity contribution in [3.05, 3.63) is 53.6 Å².